The van der Waals surface area contributed by atoms with Crippen molar-refractivity contribution in [1.29, 1.82) is 0 Å². The molecule has 4 heteroatoms. The lowest BCUT2D eigenvalue weighted by Crippen LogP contribution is -2.37. The van der Waals surface area contributed by atoms with Crippen LogP contribution in [0.3, 0.4) is 0 Å². The Bertz CT molecular complexity index is 390. The van der Waals surface area contributed by atoms with Crippen LogP contribution in [-0.4, -0.2) is 28.0 Å². The van der Waals surface area contributed by atoms with Crippen LogP contribution < -0.4 is 5.32 Å². The van der Waals surface area contributed by atoms with E-state index in [0.29, 0.717) is 11.3 Å². The summed E-state index contributed by atoms with van der Waals surface area (Å²) in [5.74, 6) is 1.27. The smallest absolute Gasteiger partial charge is 0.0459 e. The molecule has 0 spiro atoms. The lowest BCUT2D eigenvalue weighted by atomic mass is 10.1. The summed E-state index contributed by atoms with van der Waals surface area (Å²) in [7, 11) is 0. The van der Waals surface area contributed by atoms with Crippen LogP contribution in [0.15, 0.2) is 11.4 Å². The Morgan fingerprint density at radius 1 is 1.37 bits per heavy atom. The molecule has 1 aliphatic heterocycles. The molecule has 4 atom stereocenters. The zero-order valence-corrected chi connectivity index (χ0v) is 14.8. The second-order valence-corrected chi connectivity index (χ2v) is 9.43. The standard InChI is InChI=1S/C15H25NS3/c1-5-7-16-15(13-6-8-17-12(13)4)14-9-18-10(2)11(3)19-14/h6,8,10-11,14-16H,5,7,9H2,1-4H3. The first-order valence-electron chi connectivity index (χ1n) is 7.18. The number of thioether (sulfide) groups is 2. The third-order valence-corrected chi connectivity index (χ3v) is 8.15. The van der Waals surface area contributed by atoms with Crippen LogP contribution in [0.1, 0.15) is 43.7 Å². The predicted octanol–water partition coefficient (Wildman–Crippen LogP) is 4.72. The molecule has 4 unspecified atom stereocenters. The molecule has 0 aliphatic carbocycles. The number of nitrogens with one attached hydrogen (secondary N) is 1. The van der Waals surface area contributed by atoms with Gasteiger partial charge in [0, 0.05) is 32.4 Å². The van der Waals surface area contributed by atoms with Crippen molar-refractivity contribution in [2.75, 3.05) is 12.3 Å². The van der Waals surface area contributed by atoms with Gasteiger partial charge < -0.3 is 5.32 Å². The SMILES string of the molecule is CCCNC(c1ccsc1C)C1CSC(C)C(C)S1. The summed E-state index contributed by atoms with van der Waals surface area (Å²) in [5.41, 5.74) is 1.53. The van der Waals surface area contributed by atoms with E-state index in [1.165, 1.54) is 22.6 Å². The minimum absolute atomic E-state index is 0.527. The molecule has 1 N–H and O–H groups in total. The Morgan fingerprint density at radius 2 is 2.16 bits per heavy atom. The Morgan fingerprint density at radius 3 is 2.74 bits per heavy atom. The quantitative estimate of drug-likeness (QED) is 0.844. The molecule has 2 rings (SSSR count). The van der Waals surface area contributed by atoms with Crippen LogP contribution in [0, 0.1) is 6.92 Å². The number of aryl methyl sites for hydroxylation is 1. The van der Waals surface area contributed by atoms with Crippen LogP contribution in [0.25, 0.3) is 0 Å². The lowest BCUT2D eigenvalue weighted by Gasteiger charge is -2.36. The summed E-state index contributed by atoms with van der Waals surface area (Å²) in [6, 6.07) is 2.85. The Hall–Kier alpha value is 0.360. The highest BCUT2D eigenvalue weighted by molar-refractivity contribution is 8.07. The van der Waals surface area contributed by atoms with Gasteiger partial charge >= 0.3 is 0 Å². The van der Waals surface area contributed by atoms with Crippen molar-refractivity contribution in [1.82, 2.24) is 5.32 Å². The highest BCUT2D eigenvalue weighted by Crippen LogP contribution is 2.42. The molecular formula is C15H25NS3. The number of thiophene rings is 1. The van der Waals surface area contributed by atoms with Gasteiger partial charge in [-0.05, 0) is 36.9 Å². The molecule has 1 nitrogen and oxygen atoms in total. The van der Waals surface area contributed by atoms with E-state index in [0.717, 1.165) is 17.0 Å². The molecule has 19 heavy (non-hydrogen) atoms. The highest BCUT2D eigenvalue weighted by atomic mass is 32.2. The third kappa shape index (κ3) is 3.93. The molecule has 1 aromatic rings. The van der Waals surface area contributed by atoms with Gasteiger partial charge in [0.05, 0.1) is 0 Å². The summed E-state index contributed by atoms with van der Waals surface area (Å²) in [4.78, 5) is 1.48. The Labute approximate surface area is 130 Å². The van der Waals surface area contributed by atoms with Crippen LogP contribution in [-0.2, 0) is 0 Å². The van der Waals surface area contributed by atoms with E-state index < -0.39 is 0 Å². The molecule has 0 bridgehead atoms. The lowest BCUT2D eigenvalue weighted by molar-refractivity contribution is 0.527. The van der Waals surface area contributed by atoms with Crippen molar-refractivity contribution < 1.29 is 0 Å². The maximum Gasteiger partial charge on any atom is 0.0459 e. The van der Waals surface area contributed by atoms with E-state index >= 15 is 0 Å². The largest absolute Gasteiger partial charge is 0.309 e. The first kappa shape index (κ1) is 15.7. The Balaban J connectivity index is 2.11. The van der Waals surface area contributed by atoms with E-state index in [2.05, 4.69) is 68.0 Å². The van der Waals surface area contributed by atoms with Crippen LogP contribution in [0.5, 0.6) is 0 Å². The molecule has 0 saturated carbocycles. The first-order valence-corrected chi connectivity index (χ1v) is 10.0. The maximum atomic E-state index is 3.79. The van der Waals surface area contributed by atoms with Crippen molar-refractivity contribution >= 4 is 34.9 Å². The minimum atomic E-state index is 0.527. The maximum absolute atomic E-state index is 3.79. The summed E-state index contributed by atoms with van der Waals surface area (Å²) in [6.45, 7) is 10.4. The number of rotatable bonds is 5. The van der Waals surface area contributed by atoms with Crippen molar-refractivity contribution in [2.45, 2.75) is 55.9 Å². The van der Waals surface area contributed by atoms with Crippen molar-refractivity contribution in [3.8, 4) is 0 Å². The summed E-state index contributed by atoms with van der Waals surface area (Å²) >= 11 is 6.20. The highest BCUT2D eigenvalue weighted by Gasteiger charge is 2.32. The predicted molar refractivity (Wildman–Crippen MR) is 92.9 cm³/mol. The Kier molecular flexibility index (Phi) is 6.12. The third-order valence-electron chi connectivity index (χ3n) is 3.79. The van der Waals surface area contributed by atoms with Crippen molar-refractivity contribution in [3.05, 3.63) is 21.9 Å². The molecule has 0 radical (unpaired) electrons. The van der Waals surface area contributed by atoms with E-state index in [1.807, 2.05) is 11.3 Å². The van der Waals surface area contributed by atoms with E-state index in [1.54, 1.807) is 0 Å². The molecule has 108 valence electrons. The monoisotopic (exact) mass is 315 g/mol. The van der Waals surface area contributed by atoms with Gasteiger partial charge in [-0.2, -0.15) is 23.5 Å². The van der Waals surface area contributed by atoms with E-state index in [9.17, 15) is 0 Å². The van der Waals surface area contributed by atoms with Crippen molar-refractivity contribution in [3.63, 3.8) is 0 Å². The fraction of sp³-hybridized carbons (Fsp3) is 0.733. The van der Waals surface area contributed by atoms with Gasteiger partial charge in [-0.15, -0.1) is 11.3 Å². The van der Waals surface area contributed by atoms with Gasteiger partial charge in [0.15, 0.2) is 0 Å². The first-order chi connectivity index (χ1) is 9.13. The summed E-state index contributed by atoms with van der Waals surface area (Å²) in [5, 5.41) is 8.28. The molecule has 2 heterocycles. The van der Waals surface area contributed by atoms with Gasteiger partial charge in [-0.3, -0.25) is 0 Å². The zero-order valence-electron chi connectivity index (χ0n) is 12.3. The van der Waals surface area contributed by atoms with E-state index in [-0.39, 0.29) is 0 Å². The molecule has 0 aromatic carbocycles. The minimum Gasteiger partial charge on any atom is -0.309 e. The van der Waals surface area contributed by atoms with Gasteiger partial charge in [-0.1, -0.05) is 20.8 Å². The zero-order chi connectivity index (χ0) is 13.8. The average Bonchev–Trinajstić information content (AvgIpc) is 2.80. The molecule has 1 aromatic heterocycles. The second-order valence-electron chi connectivity index (χ2n) is 5.28. The van der Waals surface area contributed by atoms with Crippen LogP contribution in [0.2, 0.25) is 0 Å². The molecule has 1 fully saturated rings. The van der Waals surface area contributed by atoms with Crippen molar-refractivity contribution in [2.24, 2.45) is 0 Å². The molecule has 0 amide bonds. The average molecular weight is 316 g/mol. The number of hydrogen-bond donors (Lipinski definition) is 1. The topological polar surface area (TPSA) is 12.0 Å². The second kappa shape index (κ2) is 7.39. The molecule has 1 aliphatic rings. The van der Waals surface area contributed by atoms with E-state index in [4.69, 9.17) is 0 Å². The van der Waals surface area contributed by atoms with Gasteiger partial charge in [-0.25, -0.2) is 0 Å². The van der Waals surface area contributed by atoms with Gasteiger partial charge in [0.2, 0.25) is 0 Å². The normalized spacial score (nSPS) is 29.4. The summed E-state index contributed by atoms with van der Waals surface area (Å²) in [6.07, 6.45) is 1.20. The fourth-order valence-electron chi connectivity index (χ4n) is 2.44. The fourth-order valence-corrected chi connectivity index (χ4v) is 6.30. The molecular weight excluding hydrogens is 290 g/mol. The number of hydrogen-bond acceptors (Lipinski definition) is 4. The molecule has 1 saturated heterocycles. The summed E-state index contributed by atoms with van der Waals surface area (Å²) < 4.78 is 0. The van der Waals surface area contributed by atoms with Crippen LogP contribution in [0.4, 0.5) is 0 Å². The van der Waals surface area contributed by atoms with Gasteiger partial charge in [0.1, 0.15) is 0 Å². The van der Waals surface area contributed by atoms with Crippen LogP contribution >= 0.6 is 34.9 Å². The van der Waals surface area contributed by atoms with Gasteiger partial charge in [0.25, 0.3) is 0 Å².